The van der Waals surface area contributed by atoms with Crippen LogP contribution in [0.2, 0.25) is 0 Å². The van der Waals surface area contributed by atoms with Crippen LogP contribution >= 0.6 is 15.9 Å². The zero-order valence-electron chi connectivity index (χ0n) is 10.9. The van der Waals surface area contributed by atoms with Gasteiger partial charge in [0.15, 0.2) is 0 Å². The highest BCUT2D eigenvalue weighted by molar-refractivity contribution is 9.10. The lowest BCUT2D eigenvalue weighted by Gasteiger charge is -2.18. The van der Waals surface area contributed by atoms with Crippen LogP contribution in [0.3, 0.4) is 0 Å². The summed E-state index contributed by atoms with van der Waals surface area (Å²) >= 11 is 3.59. The number of hydrogen-bond donors (Lipinski definition) is 0. The molecule has 0 radical (unpaired) electrons. The second kappa shape index (κ2) is 3.51. The molecule has 0 N–H and O–H groups in total. The van der Waals surface area contributed by atoms with E-state index in [9.17, 15) is 0 Å². The van der Waals surface area contributed by atoms with E-state index in [-0.39, 0.29) is 5.41 Å². The fourth-order valence-corrected chi connectivity index (χ4v) is 3.58. The van der Waals surface area contributed by atoms with Crippen LogP contribution in [0.4, 0.5) is 0 Å². The van der Waals surface area contributed by atoms with Crippen molar-refractivity contribution in [2.75, 3.05) is 0 Å². The Hall–Kier alpha value is -1.54. The Kier molecular flexibility index (Phi) is 2.09. The number of fused-ring (bicyclic) bond motifs is 5. The van der Waals surface area contributed by atoms with Crippen molar-refractivity contribution in [3.8, 4) is 5.69 Å². The maximum Gasteiger partial charge on any atom is 0.0531 e. The van der Waals surface area contributed by atoms with Crippen LogP contribution in [0.25, 0.3) is 16.6 Å². The van der Waals surface area contributed by atoms with E-state index in [1.165, 1.54) is 27.8 Å². The SMILES string of the molecule is CC1(C)c2cc(Br)ccc2-n2c1cc1ccccc12. The molecule has 0 saturated carbocycles. The molecule has 2 heterocycles. The standard InChI is InChI=1S/C17H14BrN/c1-17(2)13-10-12(18)7-8-15(13)19-14-6-4-3-5-11(14)9-16(17)19/h3-10H,1-2H3. The maximum absolute atomic E-state index is 3.59. The third kappa shape index (κ3) is 1.35. The number of para-hydroxylation sites is 1. The van der Waals surface area contributed by atoms with E-state index < -0.39 is 0 Å². The highest BCUT2D eigenvalue weighted by atomic mass is 79.9. The van der Waals surface area contributed by atoms with Crippen LogP contribution in [-0.4, -0.2) is 4.57 Å². The third-order valence-electron chi connectivity index (χ3n) is 4.22. The summed E-state index contributed by atoms with van der Waals surface area (Å²) in [5.41, 5.74) is 5.43. The van der Waals surface area contributed by atoms with Gasteiger partial charge >= 0.3 is 0 Å². The molecular formula is C17H14BrN. The van der Waals surface area contributed by atoms with Gasteiger partial charge in [-0.1, -0.05) is 48.0 Å². The molecule has 1 aliphatic heterocycles. The first-order chi connectivity index (χ1) is 9.09. The molecule has 0 amide bonds. The first kappa shape index (κ1) is 11.3. The minimum Gasteiger partial charge on any atom is -0.312 e. The highest BCUT2D eigenvalue weighted by Gasteiger charge is 2.36. The molecule has 2 aromatic carbocycles. The zero-order chi connectivity index (χ0) is 13.2. The van der Waals surface area contributed by atoms with Crippen LogP contribution in [-0.2, 0) is 5.41 Å². The van der Waals surface area contributed by atoms with E-state index in [4.69, 9.17) is 0 Å². The van der Waals surface area contributed by atoms with Gasteiger partial charge in [0.05, 0.1) is 11.2 Å². The van der Waals surface area contributed by atoms with Crippen molar-refractivity contribution in [1.29, 1.82) is 0 Å². The summed E-state index contributed by atoms with van der Waals surface area (Å²) in [6, 6.07) is 17.5. The molecule has 19 heavy (non-hydrogen) atoms. The number of nitrogens with zero attached hydrogens (tertiary/aromatic N) is 1. The van der Waals surface area contributed by atoms with Gasteiger partial charge in [-0.2, -0.15) is 0 Å². The first-order valence-electron chi connectivity index (χ1n) is 6.50. The summed E-state index contributed by atoms with van der Waals surface area (Å²) in [6.07, 6.45) is 0. The quantitative estimate of drug-likeness (QED) is 0.548. The fourth-order valence-electron chi connectivity index (χ4n) is 3.22. The van der Waals surface area contributed by atoms with Gasteiger partial charge in [-0.25, -0.2) is 0 Å². The lowest BCUT2D eigenvalue weighted by Crippen LogP contribution is -2.15. The van der Waals surface area contributed by atoms with Gasteiger partial charge in [0, 0.05) is 21.0 Å². The Labute approximate surface area is 121 Å². The van der Waals surface area contributed by atoms with Gasteiger partial charge in [-0.05, 0) is 35.9 Å². The average Bonchev–Trinajstić information content (AvgIpc) is 2.87. The molecular weight excluding hydrogens is 298 g/mol. The summed E-state index contributed by atoms with van der Waals surface area (Å²) in [5.74, 6) is 0. The summed E-state index contributed by atoms with van der Waals surface area (Å²) in [5, 5.41) is 1.32. The monoisotopic (exact) mass is 311 g/mol. The number of rotatable bonds is 0. The normalized spacial score (nSPS) is 15.5. The predicted octanol–water partition coefficient (Wildman–Crippen LogP) is 5.03. The van der Waals surface area contributed by atoms with Gasteiger partial charge in [0.1, 0.15) is 0 Å². The number of benzene rings is 2. The maximum atomic E-state index is 3.59. The molecule has 0 atom stereocenters. The van der Waals surface area contributed by atoms with Crippen LogP contribution in [0.15, 0.2) is 53.0 Å². The van der Waals surface area contributed by atoms with Crippen molar-refractivity contribution >= 4 is 26.8 Å². The number of hydrogen-bond acceptors (Lipinski definition) is 0. The summed E-state index contributed by atoms with van der Waals surface area (Å²) in [7, 11) is 0. The lowest BCUT2D eigenvalue weighted by molar-refractivity contribution is 0.644. The van der Waals surface area contributed by atoms with Gasteiger partial charge in [0.25, 0.3) is 0 Å². The fraction of sp³-hybridized carbons (Fsp3) is 0.176. The third-order valence-corrected chi connectivity index (χ3v) is 4.72. The molecule has 1 nitrogen and oxygen atoms in total. The van der Waals surface area contributed by atoms with Crippen molar-refractivity contribution < 1.29 is 0 Å². The number of aromatic nitrogens is 1. The molecule has 1 aromatic heterocycles. The van der Waals surface area contributed by atoms with Crippen molar-refractivity contribution in [3.05, 3.63) is 64.3 Å². The molecule has 3 aromatic rings. The topological polar surface area (TPSA) is 4.93 Å². The average molecular weight is 312 g/mol. The van der Waals surface area contributed by atoms with E-state index in [2.05, 4.69) is 82.9 Å². The van der Waals surface area contributed by atoms with E-state index in [0.29, 0.717) is 0 Å². The van der Waals surface area contributed by atoms with E-state index >= 15 is 0 Å². The minimum absolute atomic E-state index is 0.0537. The molecule has 0 unspecified atom stereocenters. The second-order valence-electron chi connectivity index (χ2n) is 5.71. The molecule has 2 heteroatoms. The summed E-state index contributed by atoms with van der Waals surface area (Å²) in [6.45, 7) is 4.60. The van der Waals surface area contributed by atoms with Crippen LogP contribution in [0, 0.1) is 0 Å². The van der Waals surface area contributed by atoms with Gasteiger partial charge in [0.2, 0.25) is 0 Å². The molecule has 94 valence electrons. The first-order valence-corrected chi connectivity index (χ1v) is 7.30. The highest BCUT2D eigenvalue weighted by Crippen LogP contribution is 2.46. The van der Waals surface area contributed by atoms with E-state index in [1.54, 1.807) is 0 Å². The smallest absolute Gasteiger partial charge is 0.0531 e. The largest absolute Gasteiger partial charge is 0.312 e. The Morgan fingerprint density at radius 3 is 2.63 bits per heavy atom. The Bertz CT molecular complexity index is 811. The molecule has 1 aliphatic rings. The predicted molar refractivity (Wildman–Crippen MR) is 83.1 cm³/mol. The molecule has 0 saturated heterocycles. The number of halogens is 1. The summed E-state index contributed by atoms with van der Waals surface area (Å²) < 4.78 is 3.55. The van der Waals surface area contributed by atoms with Gasteiger partial charge in [-0.15, -0.1) is 0 Å². The van der Waals surface area contributed by atoms with Crippen molar-refractivity contribution in [2.45, 2.75) is 19.3 Å². The van der Waals surface area contributed by atoms with Gasteiger partial charge in [-0.3, -0.25) is 0 Å². The van der Waals surface area contributed by atoms with Crippen LogP contribution in [0.1, 0.15) is 25.1 Å². The molecule has 4 rings (SSSR count). The molecule has 0 spiro atoms. The molecule has 0 fully saturated rings. The minimum atomic E-state index is 0.0537. The van der Waals surface area contributed by atoms with Crippen molar-refractivity contribution in [3.63, 3.8) is 0 Å². The van der Waals surface area contributed by atoms with Crippen molar-refractivity contribution in [1.82, 2.24) is 4.57 Å². The Morgan fingerprint density at radius 2 is 1.79 bits per heavy atom. The Balaban J connectivity index is 2.18. The van der Waals surface area contributed by atoms with E-state index in [1.807, 2.05) is 0 Å². The van der Waals surface area contributed by atoms with Gasteiger partial charge < -0.3 is 4.57 Å². The van der Waals surface area contributed by atoms with Crippen molar-refractivity contribution in [2.24, 2.45) is 0 Å². The van der Waals surface area contributed by atoms with Crippen LogP contribution in [0.5, 0.6) is 0 Å². The van der Waals surface area contributed by atoms with Crippen LogP contribution < -0.4 is 0 Å². The van der Waals surface area contributed by atoms with E-state index in [0.717, 1.165) is 4.47 Å². The lowest BCUT2D eigenvalue weighted by atomic mass is 9.83. The molecule has 0 aliphatic carbocycles. The zero-order valence-corrected chi connectivity index (χ0v) is 12.5. The molecule has 0 bridgehead atoms. The Morgan fingerprint density at radius 1 is 1.00 bits per heavy atom. The summed E-state index contributed by atoms with van der Waals surface area (Å²) in [4.78, 5) is 0. The second-order valence-corrected chi connectivity index (χ2v) is 6.63.